The maximum atomic E-state index is 10.8. The molecule has 0 amide bonds. The molecule has 1 N–H and O–H groups in total. The van der Waals surface area contributed by atoms with Crippen LogP contribution in [0.5, 0.6) is 0 Å². The molecule has 0 fully saturated rings. The van der Waals surface area contributed by atoms with E-state index < -0.39 is 4.92 Å². The van der Waals surface area contributed by atoms with Crippen molar-refractivity contribution in [3.63, 3.8) is 0 Å². The van der Waals surface area contributed by atoms with E-state index in [-0.39, 0.29) is 5.69 Å². The number of hydrogen-bond acceptors (Lipinski definition) is 4. The Balaban J connectivity index is 1.81. The Bertz CT molecular complexity index is 917. The van der Waals surface area contributed by atoms with E-state index in [0.717, 1.165) is 35.7 Å². The summed E-state index contributed by atoms with van der Waals surface area (Å²) in [5.41, 5.74) is 4.12. The van der Waals surface area contributed by atoms with Crippen molar-refractivity contribution in [1.29, 1.82) is 0 Å². The molecule has 1 aromatic heterocycles. The van der Waals surface area contributed by atoms with Gasteiger partial charge in [-0.25, -0.2) is 4.68 Å². The van der Waals surface area contributed by atoms with Crippen molar-refractivity contribution >= 4 is 34.1 Å². The zero-order valence-electron chi connectivity index (χ0n) is 12.6. The van der Waals surface area contributed by atoms with Crippen LogP contribution in [0.25, 0.3) is 16.9 Å². The fourth-order valence-corrected chi connectivity index (χ4v) is 3.28. The first-order valence-corrected chi connectivity index (χ1v) is 8.58. The van der Waals surface area contributed by atoms with Gasteiger partial charge >= 0.3 is 0 Å². The second-order valence-corrected chi connectivity index (χ2v) is 6.79. The Morgan fingerprint density at radius 3 is 2.50 bits per heavy atom. The average Bonchev–Trinajstić information content (AvgIpc) is 3.18. The predicted molar refractivity (Wildman–Crippen MR) is 101 cm³/mol. The smallest absolute Gasteiger partial charge is 0.269 e. The van der Waals surface area contributed by atoms with Crippen molar-refractivity contribution in [2.75, 3.05) is 11.9 Å². The topological polar surface area (TPSA) is 73.0 Å². The Morgan fingerprint density at radius 2 is 1.83 bits per heavy atom. The Labute approximate surface area is 151 Å². The highest BCUT2D eigenvalue weighted by Crippen LogP contribution is 2.34. The van der Waals surface area contributed by atoms with Crippen LogP contribution in [0.2, 0.25) is 0 Å². The first-order chi connectivity index (χ1) is 11.6. The molecule has 1 aliphatic heterocycles. The molecule has 2 aromatic carbocycles. The number of anilines is 1. The molecule has 0 saturated heterocycles. The Morgan fingerprint density at radius 1 is 1.12 bits per heavy atom. The van der Waals surface area contributed by atoms with Crippen LogP contribution in [0.3, 0.4) is 0 Å². The third-order valence-electron chi connectivity index (χ3n) is 4.07. The SMILES string of the molecule is O=[N+]([O-])c1ccc(-n2nc(-c3ccc(I)cc3)c3c2NCC3)cc1. The first-order valence-electron chi connectivity index (χ1n) is 7.50. The van der Waals surface area contributed by atoms with E-state index >= 15 is 0 Å². The number of hydrogen-bond donors (Lipinski definition) is 1. The van der Waals surface area contributed by atoms with Crippen molar-refractivity contribution in [2.24, 2.45) is 0 Å². The summed E-state index contributed by atoms with van der Waals surface area (Å²) in [4.78, 5) is 10.4. The highest BCUT2D eigenvalue weighted by molar-refractivity contribution is 14.1. The minimum absolute atomic E-state index is 0.0772. The van der Waals surface area contributed by atoms with Gasteiger partial charge in [-0.15, -0.1) is 0 Å². The van der Waals surface area contributed by atoms with E-state index in [1.165, 1.54) is 21.3 Å². The summed E-state index contributed by atoms with van der Waals surface area (Å²) in [5.74, 6) is 0.970. The standard InChI is InChI=1S/C17H13IN4O2/c18-12-3-1-11(2-4-12)16-15-9-10-19-17(15)21(20-16)13-5-7-14(8-6-13)22(23)24/h1-8,19H,9-10H2. The van der Waals surface area contributed by atoms with Gasteiger partial charge in [0.15, 0.2) is 0 Å². The molecule has 7 heteroatoms. The molecule has 0 atom stereocenters. The number of nitrogens with zero attached hydrogens (tertiary/aromatic N) is 3. The summed E-state index contributed by atoms with van der Waals surface area (Å²) in [7, 11) is 0. The highest BCUT2D eigenvalue weighted by atomic mass is 127. The maximum absolute atomic E-state index is 10.8. The van der Waals surface area contributed by atoms with Crippen LogP contribution < -0.4 is 5.32 Å². The van der Waals surface area contributed by atoms with Crippen molar-refractivity contribution in [3.05, 3.63) is 67.8 Å². The van der Waals surface area contributed by atoms with Crippen molar-refractivity contribution in [1.82, 2.24) is 9.78 Å². The monoisotopic (exact) mass is 432 g/mol. The van der Waals surface area contributed by atoms with E-state index in [0.29, 0.717) is 0 Å². The molecule has 0 spiro atoms. The highest BCUT2D eigenvalue weighted by Gasteiger charge is 2.24. The number of benzene rings is 2. The summed E-state index contributed by atoms with van der Waals surface area (Å²) in [6.45, 7) is 0.873. The summed E-state index contributed by atoms with van der Waals surface area (Å²) in [6, 6.07) is 14.7. The number of halogens is 1. The predicted octanol–water partition coefficient (Wildman–Crippen LogP) is 4.02. The van der Waals surface area contributed by atoms with Crippen molar-refractivity contribution in [2.45, 2.75) is 6.42 Å². The normalized spacial score (nSPS) is 12.7. The van der Waals surface area contributed by atoms with E-state index in [9.17, 15) is 10.1 Å². The molecule has 24 heavy (non-hydrogen) atoms. The molecule has 0 aliphatic carbocycles. The van der Waals surface area contributed by atoms with Gasteiger partial charge in [-0.05, 0) is 53.3 Å². The average molecular weight is 432 g/mol. The minimum Gasteiger partial charge on any atom is -0.369 e. The second-order valence-electron chi connectivity index (χ2n) is 5.54. The molecule has 120 valence electrons. The molecule has 0 radical (unpaired) electrons. The zero-order chi connectivity index (χ0) is 16.7. The van der Waals surface area contributed by atoms with Crippen molar-refractivity contribution < 1.29 is 4.92 Å². The van der Waals surface area contributed by atoms with Gasteiger partial charge in [-0.1, -0.05) is 12.1 Å². The lowest BCUT2D eigenvalue weighted by molar-refractivity contribution is -0.384. The number of nitrogens with one attached hydrogen (secondary N) is 1. The molecule has 4 rings (SSSR count). The molecule has 0 bridgehead atoms. The Kier molecular flexibility index (Phi) is 3.72. The van der Waals surface area contributed by atoms with Gasteiger partial charge < -0.3 is 5.32 Å². The number of rotatable bonds is 3. The minimum atomic E-state index is -0.396. The molecule has 6 nitrogen and oxygen atoms in total. The van der Waals surface area contributed by atoms with Gasteiger partial charge in [0.1, 0.15) is 5.82 Å². The van der Waals surface area contributed by atoms with Crippen LogP contribution in [0.1, 0.15) is 5.56 Å². The van der Waals surface area contributed by atoms with Gasteiger partial charge in [-0.2, -0.15) is 5.10 Å². The summed E-state index contributed by atoms with van der Waals surface area (Å²) in [5, 5.41) is 19.0. The van der Waals surface area contributed by atoms with Gasteiger partial charge in [0.2, 0.25) is 0 Å². The molecule has 0 saturated carbocycles. The summed E-state index contributed by atoms with van der Waals surface area (Å²) < 4.78 is 3.01. The van der Waals surface area contributed by atoms with E-state index in [4.69, 9.17) is 5.10 Å². The van der Waals surface area contributed by atoms with E-state index in [1.54, 1.807) is 12.1 Å². The van der Waals surface area contributed by atoms with Gasteiger partial charge in [0.25, 0.3) is 5.69 Å². The lowest BCUT2D eigenvalue weighted by atomic mass is 10.1. The van der Waals surface area contributed by atoms with Crippen LogP contribution in [-0.4, -0.2) is 21.2 Å². The molecular formula is C17H13IN4O2. The van der Waals surface area contributed by atoms with E-state index in [1.807, 2.05) is 4.68 Å². The van der Waals surface area contributed by atoms with Crippen LogP contribution in [0, 0.1) is 13.7 Å². The third-order valence-corrected chi connectivity index (χ3v) is 4.79. The van der Waals surface area contributed by atoms with Crippen LogP contribution in [0.15, 0.2) is 48.5 Å². The van der Waals surface area contributed by atoms with E-state index in [2.05, 4.69) is 52.2 Å². The number of nitro groups is 1. The fraction of sp³-hybridized carbons (Fsp3) is 0.118. The van der Waals surface area contributed by atoms with Gasteiger partial charge in [0, 0.05) is 33.4 Å². The number of nitro benzene ring substituents is 1. The third kappa shape index (κ3) is 2.54. The van der Waals surface area contributed by atoms with Crippen molar-refractivity contribution in [3.8, 4) is 16.9 Å². The fourth-order valence-electron chi connectivity index (χ4n) is 2.92. The second kappa shape index (κ2) is 5.90. The molecule has 3 aromatic rings. The first kappa shape index (κ1) is 15.1. The molecular weight excluding hydrogens is 419 g/mol. The lowest BCUT2D eigenvalue weighted by Crippen LogP contribution is -2.04. The number of fused-ring (bicyclic) bond motifs is 1. The quantitative estimate of drug-likeness (QED) is 0.386. The van der Waals surface area contributed by atoms with Gasteiger partial charge in [0.05, 0.1) is 16.3 Å². The number of non-ortho nitro benzene ring substituents is 1. The van der Waals surface area contributed by atoms with Crippen LogP contribution >= 0.6 is 22.6 Å². The van der Waals surface area contributed by atoms with Gasteiger partial charge in [-0.3, -0.25) is 10.1 Å². The molecule has 2 heterocycles. The van der Waals surface area contributed by atoms with Crippen LogP contribution in [0.4, 0.5) is 11.5 Å². The maximum Gasteiger partial charge on any atom is 0.269 e. The summed E-state index contributed by atoms with van der Waals surface area (Å²) in [6.07, 6.45) is 0.920. The van der Waals surface area contributed by atoms with Crippen LogP contribution in [-0.2, 0) is 6.42 Å². The zero-order valence-corrected chi connectivity index (χ0v) is 14.7. The molecule has 0 unspecified atom stereocenters. The number of aromatic nitrogens is 2. The largest absolute Gasteiger partial charge is 0.369 e. The molecule has 1 aliphatic rings. The summed E-state index contributed by atoms with van der Waals surface area (Å²) >= 11 is 2.28. The lowest BCUT2D eigenvalue weighted by Gasteiger charge is -2.06. The Hall–Kier alpha value is -2.42.